The van der Waals surface area contributed by atoms with Crippen LogP contribution >= 0.6 is 0 Å². The van der Waals surface area contributed by atoms with Crippen molar-refractivity contribution in [1.82, 2.24) is 0 Å². The first-order valence-corrected chi connectivity index (χ1v) is 7.01. The number of cyclic esters (lactones) is 1. The van der Waals surface area contributed by atoms with Crippen molar-refractivity contribution in [2.24, 2.45) is 17.3 Å². The lowest BCUT2D eigenvalue weighted by atomic mass is 9.78. The van der Waals surface area contributed by atoms with Crippen molar-refractivity contribution >= 4 is 5.97 Å². The van der Waals surface area contributed by atoms with Crippen molar-refractivity contribution in [1.29, 1.82) is 0 Å². The number of aliphatic hydroxyl groups excluding tert-OH is 1. The third-order valence-electron chi connectivity index (χ3n) is 5.17. The predicted octanol–water partition coefficient (Wildman–Crippen LogP) is 1.41. The highest BCUT2D eigenvalue weighted by Crippen LogP contribution is 2.55. The summed E-state index contributed by atoms with van der Waals surface area (Å²) in [5, 5.41) is 21.4. The summed E-state index contributed by atoms with van der Waals surface area (Å²) >= 11 is 0. The molecule has 3 aliphatic rings. The van der Waals surface area contributed by atoms with Gasteiger partial charge in [-0.2, -0.15) is 0 Å². The summed E-state index contributed by atoms with van der Waals surface area (Å²) in [7, 11) is 0. The van der Waals surface area contributed by atoms with E-state index in [0.29, 0.717) is 17.6 Å². The second-order valence-corrected chi connectivity index (χ2v) is 7.40. The van der Waals surface area contributed by atoms with Crippen LogP contribution in [0.3, 0.4) is 0 Å². The molecule has 4 nitrogen and oxygen atoms in total. The van der Waals surface area contributed by atoms with Gasteiger partial charge >= 0.3 is 5.97 Å². The van der Waals surface area contributed by atoms with Crippen molar-refractivity contribution in [2.45, 2.75) is 51.7 Å². The Morgan fingerprint density at radius 3 is 2.63 bits per heavy atom. The fraction of sp³-hybridized carbons (Fsp3) is 0.800. The monoisotopic (exact) mass is 266 g/mol. The van der Waals surface area contributed by atoms with Crippen molar-refractivity contribution < 1.29 is 19.7 Å². The van der Waals surface area contributed by atoms with Crippen LogP contribution in [0.5, 0.6) is 0 Å². The Balaban J connectivity index is 2.04. The minimum Gasteiger partial charge on any atom is -0.458 e. The van der Waals surface area contributed by atoms with Gasteiger partial charge in [0.2, 0.25) is 0 Å². The number of hydrogen-bond acceptors (Lipinski definition) is 4. The number of fused-ring (bicyclic) bond motifs is 1. The molecule has 1 aliphatic heterocycles. The lowest BCUT2D eigenvalue weighted by Gasteiger charge is -2.34. The van der Waals surface area contributed by atoms with Crippen LogP contribution in [0.2, 0.25) is 0 Å². The van der Waals surface area contributed by atoms with Crippen LogP contribution < -0.4 is 0 Å². The topological polar surface area (TPSA) is 66.8 Å². The Labute approximate surface area is 113 Å². The van der Waals surface area contributed by atoms with Gasteiger partial charge in [-0.15, -0.1) is 0 Å². The third-order valence-corrected chi connectivity index (χ3v) is 5.17. The van der Waals surface area contributed by atoms with Gasteiger partial charge in [-0.1, -0.05) is 13.8 Å². The largest absolute Gasteiger partial charge is 0.458 e. The zero-order valence-electron chi connectivity index (χ0n) is 11.8. The molecule has 0 bridgehead atoms. The SMILES string of the molecule is CC1(C)C[C@H]2[C@@H](C1)[C@@](C)(O)CC1=C(COC1=O)[C@@H]2O. The molecule has 4 atom stereocenters. The highest BCUT2D eigenvalue weighted by Gasteiger charge is 2.54. The van der Waals surface area contributed by atoms with Crippen molar-refractivity contribution in [3.8, 4) is 0 Å². The summed E-state index contributed by atoms with van der Waals surface area (Å²) in [6.07, 6.45) is 1.41. The van der Waals surface area contributed by atoms with Gasteiger partial charge in [0.1, 0.15) is 6.61 Å². The molecule has 0 spiro atoms. The van der Waals surface area contributed by atoms with E-state index >= 15 is 0 Å². The second kappa shape index (κ2) is 3.83. The van der Waals surface area contributed by atoms with Crippen molar-refractivity contribution in [2.75, 3.05) is 6.61 Å². The Morgan fingerprint density at radius 1 is 1.26 bits per heavy atom. The maximum absolute atomic E-state index is 11.7. The van der Waals surface area contributed by atoms with Gasteiger partial charge in [0, 0.05) is 17.6 Å². The average Bonchev–Trinajstić information content (AvgIpc) is 2.78. The van der Waals surface area contributed by atoms with Gasteiger partial charge in [-0.3, -0.25) is 0 Å². The van der Waals surface area contributed by atoms with E-state index in [1.165, 1.54) is 0 Å². The maximum atomic E-state index is 11.7. The van der Waals surface area contributed by atoms with E-state index < -0.39 is 11.7 Å². The van der Waals surface area contributed by atoms with Gasteiger partial charge < -0.3 is 14.9 Å². The van der Waals surface area contributed by atoms with E-state index in [1.54, 1.807) is 6.92 Å². The number of carbonyl (C=O) groups is 1. The maximum Gasteiger partial charge on any atom is 0.334 e. The van der Waals surface area contributed by atoms with Crippen LogP contribution in [-0.2, 0) is 9.53 Å². The van der Waals surface area contributed by atoms with Gasteiger partial charge in [-0.25, -0.2) is 4.79 Å². The third kappa shape index (κ3) is 1.93. The molecular weight excluding hydrogens is 244 g/mol. The molecule has 1 saturated carbocycles. The summed E-state index contributed by atoms with van der Waals surface area (Å²) in [4.78, 5) is 11.7. The van der Waals surface area contributed by atoms with E-state index in [9.17, 15) is 15.0 Å². The highest BCUT2D eigenvalue weighted by atomic mass is 16.5. The van der Waals surface area contributed by atoms with Gasteiger partial charge in [0.05, 0.1) is 11.7 Å². The summed E-state index contributed by atoms with van der Waals surface area (Å²) < 4.78 is 5.04. The molecule has 0 aromatic rings. The smallest absolute Gasteiger partial charge is 0.334 e. The normalized spacial score (nSPS) is 44.7. The molecule has 2 aliphatic carbocycles. The van der Waals surface area contributed by atoms with Gasteiger partial charge in [0.25, 0.3) is 0 Å². The molecule has 3 rings (SSSR count). The quantitative estimate of drug-likeness (QED) is 0.651. The van der Waals surface area contributed by atoms with E-state index in [0.717, 1.165) is 12.8 Å². The molecule has 0 unspecified atom stereocenters. The minimum absolute atomic E-state index is 0.0204. The van der Waals surface area contributed by atoms with E-state index in [4.69, 9.17) is 4.74 Å². The zero-order valence-corrected chi connectivity index (χ0v) is 11.8. The molecule has 106 valence electrons. The number of hydrogen-bond donors (Lipinski definition) is 2. The first kappa shape index (κ1) is 13.1. The molecule has 1 heterocycles. The number of esters is 1. The van der Waals surface area contributed by atoms with Crippen LogP contribution in [0.15, 0.2) is 11.1 Å². The first-order valence-electron chi connectivity index (χ1n) is 7.01. The molecule has 0 aromatic heterocycles. The summed E-state index contributed by atoms with van der Waals surface area (Å²) in [6.45, 7) is 6.33. The Hall–Kier alpha value is -0.870. The number of rotatable bonds is 0. The Bertz CT molecular complexity index is 461. The molecule has 0 radical (unpaired) electrons. The van der Waals surface area contributed by atoms with Crippen molar-refractivity contribution in [3.63, 3.8) is 0 Å². The summed E-state index contributed by atoms with van der Waals surface area (Å²) in [5.74, 6) is -0.309. The highest BCUT2D eigenvalue weighted by molar-refractivity contribution is 5.92. The van der Waals surface area contributed by atoms with Crippen LogP contribution in [0.4, 0.5) is 0 Å². The number of ether oxygens (including phenoxy) is 1. The fourth-order valence-corrected chi connectivity index (χ4v) is 4.27. The van der Waals surface area contributed by atoms with E-state index in [1.807, 2.05) is 0 Å². The Kier molecular flexibility index (Phi) is 2.64. The van der Waals surface area contributed by atoms with Gasteiger partial charge in [-0.05, 0) is 37.0 Å². The summed E-state index contributed by atoms with van der Waals surface area (Å²) in [6, 6.07) is 0. The van der Waals surface area contributed by atoms with E-state index in [-0.39, 0.29) is 29.8 Å². The predicted molar refractivity (Wildman–Crippen MR) is 69.2 cm³/mol. The molecule has 0 saturated heterocycles. The molecule has 0 amide bonds. The second-order valence-electron chi connectivity index (χ2n) is 7.40. The number of aliphatic hydroxyl groups is 2. The minimum atomic E-state index is -0.945. The molecule has 4 heteroatoms. The van der Waals surface area contributed by atoms with Crippen LogP contribution in [0.25, 0.3) is 0 Å². The Morgan fingerprint density at radius 2 is 1.95 bits per heavy atom. The average molecular weight is 266 g/mol. The lowest BCUT2D eigenvalue weighted by Crippen LogP contribution is -2.39. The lowest BCUT2D eigenvalue weighted by molar-refractivity contribution is -0.137. The van der Waals surface area contributed by atoms with Crippen LogP contribution in [0.1, 0.15) is 40.0 Å². The van der Waals surface area contributed by atoms with Crippen LogP contribution in [-0.4, -0.2) is 34.5 Å². The fourth-order valence-electron chi connectivity index (χ4n) is 4.27. The number of carbonyl (C=O) groups excluding carboxylic acids is 1. The molecule has 19 heavy (non-hydrogen) atoms. The van der Waals surface area contributed by atoms with Crippen molar-refractivity contribution in [3.05, 3.63) is 11.1 Å². The first-order chi connectivity index (χ1) is 8.71. The summed E-state index contributed by atoms with van der Waals surface area (Å²) in [5.41, 5.74) is 0.391. The van der Waals surface area contributed by atoms with Gasteiger partial charge in [0.15, 0.2) is 0 Å². The standard InChI is InChI=1S/C15H22O4/c1-14(2)4-9-11(6-14)15(3,18)5-8-10(12(9)16)7-19-13(8)17/h9,11-12,16,18H,4-7H2,1-3H3/t9-,11+,12+,15-/m0/s1. The van der Waals surface area contributed by atoms with E-state index in [2.05, 4.69) is 13.8 Å². The molecule has 1 fully saturated rings. The molecular formula is C15H22O4. The zero-order chi connectivity index (χ0) is 14.0. The molecule has 0 aromatic carbocycles. The van der Waals surface area contributed by atoms with Crippen LogP contribution in [0, 0.1) is 17.3 Å². The molecule has 2 N–H and O–H groups in total.